The SMILES string of the molecule is CC1=CC(=O)N(Nc2ccc(C(F)(F)F)c(-c3ccnn3C)n2)C1=O. The Morgan fingerprint density at radius 3 is 2.40 bits per heavy atom. The number of hydrazine groups is 1. The molecule has 0 aliphatic carbocycles. The van der Waals surface area contributed by atoms with Crippen LogP contribution in [0.5, 0.6) is 0 Å². The Labute approximate surface area is 139 Å². The molecule has 7 nitrogen and oxygen atoms in total. The number of rotatable bonds is 3. The smallest absolute Gasteiger partial charge is 0.271 e. The van der Waals surface area contributed by atoms with Crippen LogP contribution < -0.4 is 5.43 Å². The number of halogens is 3. The van der Waals surface area contributed by atoms with Gasteiger partial charge >= 0.3 is 6.18 Å². The van der Waals surface area contributed by atoms with Gasteiger partial charge < -0.3 is 0 Å². The van der Waals surface area contributed by atoms with Crippen LogP contribution in [0.4, 0.5) is 19.0 Å². The van der Waals surface area contributed by atoms with Crippen molar-refractivity contribution in [1.29, 1.82) is 0 Å². The fourth-order valence-corrected chi connectivity index (χ4v) is 2.36. The number of hydrogen-bond acceptors (Lipinski definition) is 5. The second kappa shape index (κ2) is 5.72. The van der Waals surface area contributed by atoms with Gasteiger partial charge in [-0.1, -0.05) is 0 Å². The Morgan fingerprint density at radius 2 is 1.88 bits per heavy atom. The van der Waals surface area contributed by atoms with Crippen molar-refractivity contribution in [2.75, 3.05) is 5.43 Å². The highest BCUT2D eigenvalue weighted by atomic mass is 19.4. The molecule has 0 saturated carbocycles. The first kappa shape index (κ1) is 16.7. The minimum atomic E-state index is -4.62. The quantitative estimate of drug-likeness (QED) is 0.857. The molecule has 0 spiro atoms. The fourth-order valence-electron chi connectivity index (χ4n) is 2.36. The van der Waals surface area contributed by atoms with Gasteiger partial charge in [0.15, 0.2) is 0 Å². The highest BCUT2D eigenvalue weighted by molar-refractivity contribution is 6.16. The zero-order valence-electron chi connectivity index (χ0n) is 13.1. The van der Waals surface area contributed by atoms with Crippen LogP contribution in [-0.4, -0.2) is 31.6 Å². The number of imide groups is 1. The summed E-state index contributed by atoms with van der Waals surface area (Å²) in [5, 5.41) is 4.54. The molecular weight excluding hydrogens is 339 g/mol. The first-order valence-corrected chi connectivity index (χ1v) is 7.08. The van der Waals surface area contributed by atoms with Crippen LogP contribution in [0.25, 0.3) is 11.4 Å². The molecular formula is C15H12F3N5O2. The van der Waals surface area contributed by atoms with Crippen molar-refractivity contribution in [3.63, 3.8) is 0 Å². The molecule has 1 aliphatic rings. The first-order chi connectivity index (χ1) is 11.7. The van der Waals surface area contributed by atoms with E-state index >= 15 is 0 Å². The summed E-state index contributed by atoms with van der Waals surface area (Å²) in [6.07, 6.45) is -2.15. The molecule has 1 N–H and O–H groups in total. The number of aryl methyl sites for hydroxylation is 1. The van der Waals surface area contributed by atoms with Crippen molar-refractivity contribution in [2.45, 2.75) is 13.1 Å². The minimum absolute atomic E-state index is 0.0750. The molecule has 2 aromatic rings. The van der Waals surface area contributed by atoms with Crippen molar-refractivity contribution in [2.24, 2.45) is 7.05 Å². The molecule has 1 aliphatic heterocycles. The maximum absolute atomic E-state index is 13.3. The van der Waals surface area contributed by atoms with Crippen LogP contribution in [0, 0.1) is 0 Å². The third-order valence-electron chi connectivity index (χ3n) is 3.59. The summed E-state index contributed by atoms with van der Waals surface area (Å²) in [6, 6.07) is 3.28. The van der Waals surface area contributed by atoms with E-state index in [1.807, 2.05) is 0 Å². The Bertz CT molecular complexity index is 901. The average Bonchev–Trinajstić information content (AvgIpc) is 3.05. The van der Waals surface area contributed by atoms with E-state index in [0.717, 1.165) is 18.2 Å². The van der Waals surface area contributed by atoms with E-state index in [1.165, 1.54) is 30.9 Å². The van der Waals surface area contributed by atoms with E-state index in [1.54, 1.807) is 0 Å². The standard InChI is InChI=1S/C15H12F3N5O2/c1-8-7-12(24)23(14(8)25)21-11-4-3-9(15(16,17)18)13(20-11)10-5-6-19-22(10)2/h3-7H,1-2H3,(H,20,21). The predicted octanol–water partition coefficient (Wildman–Crippen LogP) is 2.14. The number of carbonyl (C=O) groups excluding carboxylic acids is 2. The van der Waals surface area contributed by atoms with E-state index in [-0.39, 0.29) is 22.8 Å². The predicted molar refractivity (Wildman–Crippen MR) is 80.7 cm³/mol. The van der Waals surface area contributed by atoms with Crippen LogP contribution >= 0.6 is 0 Å². The molecule has 0 unspecified atom stereocenters. The van der Waals surface area contributed by atoms with Gasteiger partial charge in [0, 0.05) is 24.9 Å². The summed E-state index contributed by atoms with van der Waals surface area (Å²) < 4.78 is 41.0. The molecule has 3 rings (SSSR count). The van der Waals surface area contributed by atoms with Gasteiger partial charge in [0.2, 0.25) is 0 Å². The van der Waals surface area contributed by atoms with Crippen molar-refractivity contribution in [3.05, 3.63) is 41.6 Å². The van der Waals surface area contributed by atoms with Crippen LogP contribution in [0.2, 0.25) is 0 Å². The van der Waals surface area contributed by atoms with Gasteiger partial charge in [-0.2, -0.15) is 23.3 Å². The van der Waals surface area contributed by atoms with Crippen LogP contribution in [0.15, 0.2) is 36.0 Å². The van der Waals surface area contributed by atoms with Gasteiger partial charge in [-0.05, 0) is 25.1 Å². The van der Waals surface area contributed by atoms with Crippen molar-refractivity contribution in [3.8, 4) is 11.4 Å². The maximum atomic E-state index is 13.3. The monoisotopic (exact) mass is 351 g/mol. The van der Waals surface area contributed by atoms with E-state index in [0.29, 0.717) is 5.01 Å². The van der Waals surface area contributed by atoms with Crippen molar-refractivity contribution < 1.29 is 22.8 Å². The van der Waals surface area contributed by atoms with Gasteiger partial charge in [0.05, 0.1) is 11.3 Å². The second-order valence-electron chi connectivity index (χ2n) is 5.35. The number of pyridine rings is 1. The molecule has 0 aromatic carbocycles. The number of alkyl halides is 3. The normalized spacial score (nSPS) is 14.9. The lowest BCUT2D eigenvalue weighted by Crippen LogP contribution is -2.36. The van der Waals surface area contributed by atoms with E-state index in [2.05, 4.69) is 15.5 Å². The summed E-state index contributed by atoms with van der Waals surface area (Å²) in [7, 11) is 1.48. The average molecular weight is 351 g/mol. The zero-order valence-corrected chi connectivity index (χ0v) is 13.1. The lowest BCUT2D eigenvalue weighted by Gasteiger charge is -2.18. The molecule has 10 heteroatoms. The van der Waals surface area contributed by atoms with Gasteiger partial charge in [0.25, 0.3) is 11.8 Å². The molecule has 2 aromatic heterocycles. The Hall–Kier alpha value is -3.17. The number of hydrogen-bond donors (Lipinski definition) is 1. The molecule has 0 bridgehead atoms. The van der Waals surface area contributed by atoms with Gasteiger partial charge in [-0.3, -0.25) is 19.7 Å². The maximum Gasteiger partial charge on any atom is 0.418 e. The van der Waals surface area contributed by atoms with Gasteiger partial charge in [-0.15, -0.1) is 0 Å². The van der Waals surface area contributed by atoms with Gasteiger partial charge in [-0.25, -0.2) is 4.98 Å². The lowest BCUT2D eigenvalue weighted by atomic mass is 10.1. The van der Waals surface area contributed by atoms with Crippen LogP contribution in [0.1, 0.15) is 12.5 Å². The number of anilines is 1. The first-order valence-electron chi connectivity index (χ1n) is 7.08. The minimum Gasteiger partial charge on any atom is -0.271 e. The Morgan fingerprint density at radius 1 is 1.16 bits per heavy atom. The Balaban J connectivity index is 2.02. The van der Waals surface area contributed by atoms with Crippen molar-refractivity contribution in [1.82, 2.24) is 19.8 Å². The summed E-state index contributed by atoms with van der Waals surface area (Å²) in [4.78, 5) is 27.5. The number of nitrogens with zero attached hydrogens (tertiary/aromatic N) is 4. The zero-order chi connectivity index (χ0) is 18.4. The van der Waals surface area contributed by atoms with Crippen LogP contribution in [-0.2, 0) is 22.8 Å². The molecule has 0 atom stereocenters. The largest absolute Gasteiger partial charge is 0.418 e. The topological polar surface area (TPSA) is 80.1 Å². The van der Waals surface area contributed by atoms with E-state index < -0.39 is 23.6 Å². The highest BCUT2D eigenvalue weighted by Gasteiger charge is 2.36. The molecule has 130 valence electrons. The fraction of sp³-hybridized carbons (Fsp3) is 0.200. The van der Waals surface area contributed by atoms with Crippen LogP contribution in [0.3, 0.4) is 0 Å². The molecule has 0 radical (unpaired) electrons. The number of carbonyl (C=O) groups is 2. The summed E-state index contributed by atoms with van der Waals surface area (Å²) >= 11 is 0. The summed E-state index contributed by atoms with van der Waals surface area (Å²) in [6.45, 7) is 1.46. The summed E-state index contributed by atoms with van der Waals surface area (Å²) in [5.74, 6) is -1.28. The molecule has 3 heterocycles. The summed E-state index contributed by atoms with van der Waals surface area (Å²) in [5.41, 5.74) is 1.50. The second-order valence-corrected chi connectivity index (χ2v) is 5.35. The van der Waals surface area contributed by atoms with Crippen molar-refractivity contribution >= 4 is 17.6 Å². The number of amides is 2. The lowest BCUT2D eigenvalue weighted by molar-refractivity contribution is -0.138. The van der Waals surface area contributed by atoms with E-state index in [4.69, 9.17) is 0 Å². The molecule has 0 fully saturated rings. The highest BCUT2D eigenvalue weighted by Crippen LogP contribution is 2.36. The van der Waals surface area contributed by atoms with Gasteiger partial charge in [0.1, 0.15) is 11.5 Å². The van der Waals surface area contributed by atoms with E-state index in [9.17, 15) is 22.8 Å². The molecule has 25 heavy (non-hydrogen) atoms. The number of nitrogens with one attached hydrogen (secondary N) is 1. The molecule has 0 saturated heterocycles. The third kappa shape index (κ3) is 2.97. The number of aromatic nitrogens is 3. The Kier molecular flexibility index (Phi) is 3.82. The third-order valence-corrected chi connectivity index (χ3v) is 3.59. The molecule has 2 amide bonds.